The van der Waals surface area contributed by atoms with Gasteiger partial charge in [-0.15, -0.1) is 0 Å². The molecule has 0 saturated heterocycles. The highest BCUT2D eigenvalue weighted by Crippen LogP contribution is 2.24. The van der Waals surface area contributed by atoms with Crippen LogP contribution in [0.5, 0.6) is 5.75 Å². The van der Waals surface area contributed by atoms with Gasteiger partial charge in [-0.3, -0.25) is 0 Å². The van der Waals surface area contributed by atoms with Gasteiger partial charge in [-0.1, -0.05) is 29.8 Å². The standard InChI is InChI=1S/C14H13BrClNO/c15-13-7-11(4-5-14(13)18)9-17-8-10-2-1-3-12(16)6-10/h1-7,17-18H,8-9H2. The van der Waals surface area contributed by atoms with E-state index in [1.807, 2.05) is 36.4 Å². The molecule has 0 heterocycles. The highest BCUT2D eigenvalue weighted by molar-refractivity contribution is 9.10. The number of benzene rings is 2. The molecule has 0 aromatic heterocycles. The van der Waals surface area contributed by atoms with E-state index >= 15 is 0 Å². The van der Waals surface area contributed by atoms with Crippen molar-refractivity contribution in [2.75, 3.05) is 0 Å². The summed E-state index contributed by atoms with van der Waals surface area (Å²) in [5.41, 5.74) is 2.27. The maximum atomic E-state index is 9.40. The van der Waals surface area contributed by atoms with Crippen molar-refractivity contribution in [3.8, 4) is 5.75 Å². The Kier molecular flexibility index (Phi) is 4.64. The lowest BCUT2D eigenvalue weighted by molar-refractivity contribution is 0.471. The second-order valence-corrected chi connectivity index (χ2v) is 5.31. The summed E-state index contributed by atoms with van der Waals surface area (Å²) in [5.74, 6) is 0.258. The third kappa shape index (κ3) is 3.73. The van der Waals surface area contributed by atoms with E-state index < -0.39 is 0 Å². The highest BCUT2D eigenvalue weighted by Gasteiger charge is 2.00. The van der Waals surface area contributed by atoms with E-state index in [-0.39, 0.29) is 5.75 Å². The molecule has 18 heavy (non-hydrogen) atoms. The van der Waals surface area contributed by atoms with Crippen LogP contribution >= 0.6 is 27.5 Å². The zero-order chi connectivity index (χ0) is 13.0. The third-order valence-electron chi connectivity index (χ3n) is 2.56. The minimum absolute atomic E-state index is 0.258. The summed E-state index contributed by atoms with van der Waals surface area (Å²) in [5, 5.41) is 13.5. The normalized spacial score (nSPS) is 10.6. The van der Waals surface area contributed by atoms with Gasteiger partial charge in [0.25, 0.3) is 0 Å². The predicted molar refractivity (Wildman–Crippen MR) is 77.8 cm³/mol. The second kappa shape index (κ2) is 6.23. The van der Waals surface area contributed by atoms with Crippen molar-refractivity contribution >= 4 is 27.5 Å². The zero-order valence-corrected chi connectivity index (χ0v) is 12.0. The summed E-state index contributed by atoms with van der Waals surface area (Å²) < 4.78 is 0.713. The zero-order valence-electron chi connectivity index (χ0n) is 9.66. The van der Waals surface area contributed by atoms with Crippen molar-refractivity contribution in [3.63, 3.8) is 0 Å². The lowest BCUT2D eigenvalue weighted by atomic mass is 10.2. The molecular formula is C14H13BrClNO. The van der Waals surface area contributed by atoms with Gasteiger partial charge in [-0.05, 0) is 51.3 Å². The Hall–Kier alpha value is -1.03. The monoisotopic (exact) mass is 325 g/mol. The summed E-state index contributed by atoms with van der Waals surface area (Å²) in [6, 6.07) is 13.3. The average Bonchev–Trinajstić information content (AvgIpc) is 2.34. The van der Waals surface area contributed by atoms with E-state index in [4.69, 9.17) is 11.6 Å². The summed E-state index contributed by atoms with van der Waals surface area (Å²) in [6.07, 6.45) is 0. The van der Waals surface area contributed by atoms with Crippen molar-refractivity contribution < 1.29 is 5.11 Å². The van der Waals surface area contributed by atoms with Crippen LogP contribution in [0.3, 0.4) is 0 Å². The molecule has 2 rings (SSSR count). The molecule has 0 atom stereocenters. The summed E-state index contributed by atoms with van der Waals surface area (Å²) in [7, 11) is 0. The molecule has 94 valence electrons. The molecule has 2 aromatic rings. The quantitative estimate of drug-likeness (QED) is 0.886. The van der Waals surface area contributed by atoms with Gasteiger partial charge in [-0.2, -0.15) is 0 Å². The summed E-state index contributed by atoms with van der Waals surface area (Å²) in [6.45, 7) is 1.50. The van der Waals surface area contributed by atoms with E-state index in [9.17, 15) is 5.11 Å². The molecule has 0 unspecified atom stereocenters. The van der Waals surface area contributed by atoms with Crippen LogP contribution in [-0.4, -0.2) is 5.11 Å². The Morgan fingerprint density at radius 2 is 1.78 bits per heavy atom. The molecule has 0 aliphatic heterocycles. The fourth-order valence-corrected chi connectivity index (χ4v) is 2.30. The first-order valence-electron chi connectivity index (χ1n) is 5.58. The van der Waals surface area contributed by atoms with Crippen LogP contribution in [-0.2, 0) is 13.1 Å². The molecule has 2 N–H and O–H groups in total. The van der Waals surface area contributed by atoms with E-state index in [0.717, 1.165) is 29.2 Å². The first-order valence-corrected chi connectivity index (χ1v) is 6.75. The van der Waals surface area contributed by atoms with Crippen LogP contribution in [0.4, 0.5) is 0 Å². The molecule has 0 saturated carbocycles. The first kappa shape index (κ1) is 13.4. The fraction of sp³-hybridized carbons (Fsp3) is 0.143. The summed E-state index contributed by atoms with van der Waals surface area (Å²) >= 11 is 9.21. The number of phenolic OH excluding ortho intramolecular Hbond substituents is 1. The smallest absolute Gasteiger partial charge is 0.129 e. The van der Waals surface area contributed by atoms with Crippen LogP contribution < -0.4 is 5.32 Å². The predicted octanol–water partition coefficient (Wildman–Crippen LogP) is 4.10. The van der Waals surface area contributed by atoms with Crippen molar-refractivity contribution in [2.45, 2.75) is 13.1 Å². The average molecular weight is 327 g/mol. The maximum absolute atomic E-state index is 9.40. The van der Waals surface area contributed by atoms with Crippen LogP contribution in [0.2, 0.25) is 5.02 Å². The van der Waals surface area contributed by atoms with Gasteiger partial charge in [0.1, 0.15) is 5.75 Å². The number of halogens is 2. The molecule has 2 nitrogen and oxygen atoms in total. The topological polar surface area (TPSA) is 32.3 Å². The number of hydrogen-bond acceptors (Lipinski definition) is 2. The molecule has 0 aliphatic rings. The number of phenols is 1. The molecular weight excluding hydrogens is 314 g/mol. The highest BCUT2D eigenvalue weighted by atomic mass is 79.9. The van der Waals surface area contributed by atoms with E-state index in [2.05, 4.69) is 21.2 Å². The molecule has 0 fully saturated rings. The van der Waals surface area contributed by atoms with Crippen LogP contribution in [0.15, 0.2) is 46.9 Å². The van der Waals surface area contributed by atoms with E-state index in [1.54, 1.807) is 6.07 Å². The largest absolute Gasteiger partial charge is 0.507 e. The molecule has 0 aliphatic carbocycles. The maximum Gasteiger partial charge on any atom is 0.129 e. The molecule has 0 amide bonds. The SMILES string of the molecule is Oc1ccc(CNCc2cccc(Cl)c2)cc1Br. The van der Waals surface area contributed by atoms with Gasteiger partial charge in [0.2, 0.25) is 0 Å². The molecule has 0 spiro atoms. The Bertz CT molecular complexity index is 545. The number of nitrogens with one attached hydrogen (secondary N) is 1. The first-order chi connectivity index (χ1) is 8.65. The Morgan fingerprint density at radius 3 is 2.44 bits per heavy atom. The summed E-state index contributed by atoms with van der Waals surface area (Å²) in [4.78, 5) is 0. The van der Waals surface area contributed by atoms with Crippen LogP contribution in [0.1, 0.15) is 11.1 Å². The molecule has 2 aromatic carbocycles. The molecule has 4 heteroatoms. The van der Waals surface area contributed by atoms with Gasteiger partial charge in [-0.25, -0.2) is 0 Å². The number of rotatable bonds is 4. The fourth-order valence-electron chi connectivity index (χ4n) is 1.66. The lowest BCUT2D eigenvalue weighted by Crippen LogP contribution is -2.12. The lowest BCUT2D eigenvalue weighted by Gasteiger charge is -2.06. The van der Waals surface area contributed by atoms with Gasteiger partial charge in [0.05, 0.1) is 4.47 Å². The molecule has 0 bridgehead atoms. The number of aromatic hydroxyl groups is 1. The third-order valence-corrected chi connectivity index (χ3v) is 3.43. The van der Waals surface area contributed by atoms with Crippen molar-refractivity contribution in [1.82, 2.24) is 5.32 Å². The Labute approximate surface area is 120 Å². The van der Waals surface area contributed by atoms with Crippen molar-refractivity contribution in [1.29, 1.82) is 0 Å². The van der Waals surface area contributed by atoms with Gasteiger partial charge in [0, 0.05) is 18.1 Å². The Morgan fingerprint density at radius 1 is 1.06 bits per heavy atom. The van der Waals surface area contributed by atoms with Gasteiger partial charge >= 0.3 is 0 Å². The van der Waals surface area contributed by atoms with E-state index in [1.165, 1.54) is 0 Å². The van der Waals surface area contributed by atoms with Crippen molar-refractivity contribution in [3.05, 3.63) is 63.1 Å². The van der Waals surface area contributed by atoms with E-state index in [0.29, 0.717) is 4.47 Å². The minimum Gasteiger partial charge on any atom is -0.507 e. The van der Waals surface area contributed by atoms with Gasteiger partial charge in [0.15, 0.2) is 0 Å². The second-order valence-electron chi connectivity index (χ2n) is 4.02. The van der Waals surface area contributed by atoms with Crippen LogP contribution in [0, 0.1) is 0 Å². The van der Waals surface area contributed by atoms with Crippen LogP contribution in [0.25, 0.3) is 0 Å². The number of hydrogen-bond donors (Lipinski definition) is 2. The molecule has 0 radical (unpaired) electrons. The Balaban J connectivity index is 1.90. The minimum atomic E-state index is 0.258. The van der Waals surface area contributed by atoms with Crippen molar-refractivity contribution in [2.24, 2.45) is 0 Å². The van der Waals surface area contributed by atoms with Gasteiger partial charge < -0.3 is 10.4 Å².